The number of esters is 1. The molecule has 0 spiro atoms. The highest BCUT2D eigenvalue weighted by molar-refractivity contribution is 5.95. The molecule has 7 heteroatoms. The molecule has 1 aromatic carbocycles. The predicted molar refractivity (Wildman–Crippen MR) is 99.2 cm³/mol. The number of amides is 2. The minimum absolute atomic E-state index is 0.0492. The van der Waals surface area contributed by atoms with Gasteiger partial charge >= 0.3 is 12.0 Å². The van der Waals surface area contributed by atoms with Crippen molar-refractivity contribution in [3.05, 3.63) is 41.1 Å². The van der Waals surface area contributed by atoms with E-state index in [2.05, 4.69) is 10.6 Å². The van der Waals surface area contributed by atoms with E-state index in [1.165, 1.54) is 0 Å². The maximum Gasteiger partial charge on any atom is 0.338 e. The second-order valence-electron chi connectivity index (χ2n) is 7.04. The van der Waals surface area contributed by atoms with Gasteiger partial charge in [-0.3, -0.25) is 0 Å². The monoisotopic (exact) mass is 374 g/mol. The Morgan fingerprint density at radius 3 is 2.67 bits per heavy atom. The maximum atomic E-state index is 12.7. The fraction of sp³-hybridized carbons (Fsp3) is 0.500. The van der Waals surface area contributed by atoms with Crippen molar-refractivity contribution in [2.24, 2.45) is 0 Å². The van der Waals surface area contributed by atoms with Gasteiger partial charge < -0.3 is 24.8 Å². The summed E-state index contributed by atoms with van der Waals surface area (Å²) >= 11 is 0. The van der Waals surface area contributed by atoms with Crippen LogP contribution in [0.3, 0.4) is 0 Å². The summed E-state index contributed by atoms with van der Waals surface area (Å²) in [5, 5.41) is 5.45. The molecule has 0 unspecified atom stereocenters. The van der Waals surface area contributed by atoms with Crippen molar-refractivity contribution in [2.75, 3.05) is 13.2 Å². The molecule has 2 aliphatic rings. The Morgan fingerprint density at radius 1 is 1.30 bits per heavy atom. The van der Waals surface area contributed by atoms with E-state index >= 15 is 0 Å². The number of benzene rings is 1. The second kappa shape index (κ2) is 8.43. The zero-order valence-electron chi connectivity index (χ0n) is 15.9. The summed E-state index contributed by atoms with van der Waals surface area (Å²) in [6.07, 6.45) is 1.89. The molecule has 146 valence electrons. The third-order valence-electron chi connectivity index (χ3n) is 4.50. The van der Waals surface area contributed by atoms with Crippen molar-refractivity contribution in [2.45, 2.75) is 51.9 Å². The highest BCUT2D eigenvalue weighted by atomic mass is 16.6. The van der Waals surface area contributed by atoms with Gasteiger partial charge in [-0.1, -0.05) is 12.1 Å². The lowest BCUT2D eigenvalue weighted by Crippen LogP contribution is -2.45. The highest BCUT2D eigenvalue weighted by Crippen LogP contribution is 2.29. The van der Waals surface area contributed by atoms with Gasteiger partial charge in [-0.25, -0.2) is 9.59 Å². The van der Waals surface area contributed by atoms with Crippen LogP contribution in [0.25, 0.3) is 0 Å². The zero-order valence-corrected chi connectivity index (χ0v) is 15.9. The van der Waals surface area contributed by atoms with Crippen molar-refractivity contribution in [3.63, 3.8) is 0 Å². The third-order valence-corrected chi connectivity index (χ3v) is 4.50. The quantitative estimate of drug-likeness (QED) is 0.748. The molecule has 0 radical (unpaired) electrons. The van der Waals surface area contributed by atoms with Crippen molar-refractivity contribution in [3.8, 4) is 5.75 Å². The van der Waals surface area contributed by atoms with Crippen molar-refractivity contribution in [1.29, 1.82) is 0 Å². The summed E-state index contributed by atoms with van der Waals surface area (Å²) < 4.78 is 16.6. The van der Waals surface area contributed by atoms with Gasteiger partial charge in [-0.05, 0) is 51.3 Å². The molecule has 0 aliphatic carbocycles. The van der Waals surface area contributed by atoms with Gasteiger partial charge in [-0.15, -0.1) is 0 Å². The van der Waals surface area contributed by atoms with E-state index in [1.807, 2.05) is 38.1 Å². The molecular weight excluding hydrogens is 348 g/mol. The van der Waals surface area contributed by atoms with Crippen molar-refractivity contribution in [1.82, 2.24) is 10.6 Å². The van der Waals surface area contributed by atoms with Gasteiger partial charge in [0, 0.05) is 12.3 Å². The average Bonchev–Trinajstić information content (AvgIpc) is 3.13. The minimum atomic E-state index is -0.580. The van der Waals surface area contributed by atoms with E-state index in [9.17, 15) is 9.59 Å². The minimum Gasteiger partial charge on any atom is -0.491 e. The Balaban J connectivity index is 1.77. The van der Waals surface area contributed by atoms with Crippen LogP contribution in [0.15, 0.2) is 35.5 Å². The molecule has 2 N–H and O–H groups in total. The Bertz CT molecular complexity index is 720. The van der Waals surface area contributed by atoms with Gasteiger partial charge in [0.05, 0.1) is 23.8 Å². The Labute approximate surface area is 159 Å². The molecule has 27 heavy (non-hydrogen) atoms. The number of hydrogen-bond donors (Lipinski definition) is 2. The number of carbonyl (C=O) groups excluding carboxylic acids is 2. The number of hydrogen-bond acceptors (Lipinski definition) is 5. The van der Waals surface area contributed by atoms with E-state index in [0.717, 1.165) is 24.2 Å². The van der Waals surface area contributed by atoms with Gasteiger partial charge in [0.15, 0.2) is 0 Å². The van der Waals surface area contributed by atoms with E-state index in [1.54, 1.807) is 6.92 Å². The molecule has 3 rings (SSSR count). The summed E-state index contributed by atoms with van der Waals surface area (Å²) in [6.45, 7) is 6.53. The molecule has 1 aromatic rings. The molecule has 2 amide bonds. The van der Waals surface area contributed by atoms with Crippen LogP contribution in [0.4, 0.5) is 4.79 Å². The lowest BCUT2D eigenvalue weighted by atomic mass is 9.95. The predicted octanol–water partition coefficient (Wildman–Crippen LogP) is 2.82. The van der Waals surface area contributed by atoms with Crippen molar-refractivity contribution >= 4 is 12.0 Å². The van der Waals surface area contributed by atoms with Crippen molar-refractivity contribution < 1.29 is 23.8 Å². The fourth-order valence-corrected chi connectivity index (χ4v) is 3.25. The number of urea groups is 1. The summed E-state index contributed by atoms with van der Waals surface area (Å²) in [5.74, 6) is 0.278. The van der Waals surface area contributed by atoms with Crippen LogP contribution in [0.2, 0.25) is 0 Å². The topological polar surface area (TPSA) is 85.9 Å². The van der Waals surface area contributed by atoms with Gasteiger partial charge in [0.2, 0.25) is 0 Å². The Kier molecular flexibility index (Phi) is 6.01. The molecule has 7 nitrogen and oxygen atoms in total. The van der Waals surface area contributed by atoms with Gasteiger partial charge in [-0.2, -0.15) is 0 Å². The number of rotatable bonds is 6. The maximum absolute atomic E-state index is 12.7. The zero-order chi connectivity index (χ0) is 19.4. The SMILES string of the molecule is CC1=C(C(=O)OC[C@H]2CCCO2)[C@H](c2ccc(OC(C)C)cc2)NC(=O)N1. The molecule has 2 atom stereocenters. The van der Waals surface area contributed by atoms with Crippen LogP contribution in [0.5, 0.6) is 5.75 Å². The third kappa shape index (κ3) is 4.80. The van der Waals surface area contributed by atoms with E-state index in [0.29, 0.717) is 17.9 Å². The average molecular weight is 374 g/mol. The molecular formula is C20H26N2O5. The largest absolute Gasteiger partial charge is 0.491 e. The number of nitrogens with one attached hydrogen (secondary N) is 2. The smallest absolute Gasteiger partial charge is 0.338 e. The number of carbonyl (C=O) groups is 2. The summed E-state index contributed by atoms with van der Waals surface area (Å²) in [6, 6.07) is 6.41. The molecule has 0 saturated carbocycles. The van der Waals surface area contributed by atoms with E-state index < -0.39 is 12.0 Å². The van der Waals surface area contributed by atoms with E-state index in [4.69, 9.17) is 14.2 Å². The first-order valence-electron chi connectivity index (χ1n) is 9.27. The highest BCUT2D eigenvalue weighted by Gasteiger charge is 2.32. The summed E-state index contributed by atoms with van der Waals surface area (Å²) in [4.78, 5) is 24.7. The van der Waals surface area contributed by atoms with E-state index in [-0.39, 0.29) is 24.8 Å². The first kappa shape index (κ1) is 19.2. The van der Waals surface area contributed by atoms with Crippen LogP contribution in [0.1, 0.15) is 45.2 Å². The second-order valence-corrected chi connectivity index (χ2v) is 7.04. The van der Waals surface area contributed by atoms with Gasteiger partial charge in [0.1, 0.15) is 12.4 Å². The number of allylic oxidation sites excluding steroid dienone is 1. The Hall–Kier alpha value is -2.54. The molecule has 1 fully saturated rings. The first-order chi connectivity index (χ1) is 12.9. The van der Waals surface area contributed by atoms with Gasteiger partial charge in [0.25, 0.3) is 0 Å². The Morgan fingerprint density at radius 2 is 2.04 bits per heavy atom. The first-order valence-corrected chi connectivity index (χ1v) is 9.27. The molecule has 0 bridgehead atoms. The van der Waals surface area contributed by atoms with Crippen LogP contribution >= 0.6 is 0 Å². The lowest BCUT2D eigenvalue weighted by molar-refractivity contribution is -0.142. The lowest BCUT2D eigenvalue weighted by Gasteiger charge is -2.28. The molecule has 2 heterocycles. The van der Waals surface area contributed by atoms with Crippen LogP contribution < -0.4 is 15.4 Å². The standard InChI is InChI=1S/C20H26N2O5/c1-12(2)27-15-8-6-14(7-9-15)18-17(13(3)21-20(24)22-18)19(23)26-11-16-5-4-10-25-16/h6-9,12,16,18H,4-5,10-11H2,1-3H3,(H2,21,22,24)/t16-,18+/m1/s1. The molecule has 0 aromatic heterocycles. The molecule has 1 saturated heterocycles. The number of ether oxygens (including phenoxy) is 3. The molecule has 2 aliphatic heterocycles. The fourth-order valence-electron chi connectivity index (χ4n) is 3.25. The van der Waals surface area contributed by atoms with Crippen LogP contribution in [0, 0.1) is 0 Å². The summed E-state index contributed by atoms with van der Waals surface area (Å²) in [5.41, 5.74) is 1.66. The van der Waals surface area contributed by atoms with Crippen LogP contribution in [-0.2, 0) is 14.3 Å². The normalized spacial score (nSPS) is 22.4. The van der Waals surface area contributed by atoms with Crippen LogP contribution in [-0.4, -0.2) is 37.4 Å². The summed E-state index contributed by atoms with van der Waals surface area (Å²) in [7, 11) is 0.